The van der Waals surface area contributed by atoms with Gasteiger partial charge in [-0.15, -0.1) is 0 Å². The fourth-order valence-electron chi connectivity index (χ4n) is 1.62. The average molecular weight is 216 g/mol. The van der Waals surface area contributed by atoms with Gasteiger partial charge < -0.3 is 9.84 Å². The first-order valence-electron chi connectivity index (χ1n) is 5.46. The lowest BCUT2D eigenvalue weighted by molar-refractivity contribution is 0.386. The summed E-state index contributed by atoms with van der Waals surface area (Å²) in [6.07, 6.45) is 0. The van der Waals surface area contributed by atoms with Crippen LogP contribution in [0.4, 0.5) is 0 Å². The Labute approximate surface area is 95.5 Å². The van der Waals surface area contributed by atoms with E-state index in [1.54, 1.807) is 0 Å². The predicted octanol–water partition coefficient (Wildman–Crippen LogP) is 2.83. The van der Waals surface area contributed by atoms with Crippen LogP contribution in [0.25, 0.3) is 0 Å². The van der Waals surface area contributed by atoms with Crippen molar-refractivity contribution in [3.8, 4) is 0 Å². The summed E-state index contributed by atoms with van der Waals surface area (Å²) in [5.74, 6) is 0.851. The van der Waals surface area contributed by atoms with Crippen LogP contribution in [0.3, 0.4) is 0 Å². The summed E-state index contributed by atoms with van der Waals surface area (Å²) in [6, 6.07) is 12.6. The molecule has 1 atom stereocenters. The Morgan fingerprint density at radius 2 is 2.06 bits per heavy atom. The number of aryl methyl sites for hydroxylation is 1. The molecule has 0 fully saturated rings. The summed E-state index contributed by atoms with van der Waals surface area (Å²) in [4.78, 5) is 0. The van der Waals surface area contributed by atoms with Crippen LogP contribution in [0, 0.1) is 6.92 Å². The number of benzene rings is 1. The van der Waals surface area contributed by atoms with E-state index in [-0.39, 0.29) is 0 Å². The average Bonchev–Trinajstić information content (AvgIpc) is 2.73. The molecule has 2 rings (SSSR count). The van der Waals surface area contributed by atoms with Gasteiger partial charge in [-0.2, -0.15) is 0 Å². The molecule has 0 aliphatic heterocycles. The molecular formula is C13H16N2O. The summed E-state index contributed by atoms with van der Waals surface area (Å²) in [7, 11) is 0. The van der Waals surface area contributed by atoms with Crippen LogP contribution in [0.2, 0.25) is 0 Å². The Bertz CT molecular complexity index is 436. The highest BCUT2D eigenvalue weighted by molar-refractivity contribution is 5.18. The highest BCUT2D eigenvalue weighted by Gasteiger charge is 2.05. The van der Waals surface area contributed by atoms with E-state index in [2.05, 4.69) is 29.5 Å². The summed E-state index contributed by atoms with van der Waals surface area (Å²) in [6.45, 7) is 4.77. The van der Waals surface area contributed by atoms with Crippen molar-refractivity contribution in [1.82, 2.24) is 10.5 Å². The van der Waals surface area contributed by atoms with Crippen LogP contribution < -0.4 is 5.32 Å². The predicted molar refractivity (Wildman–Crippen MR) is 62.9 cm³/mol. The van der Waals surface area contributed by atoms with Gasteiger partial charge in [-0.05, 0) is 19.4 Å². The molecule has 1 aromatic carbocycles. The zero-order valence-electron chi connectivity index (χ0n) is 9.60. The number of nitrogens with zero attached hydrogens (tertiary/aromatic N) is 1. The second-order valence-electron chi connectivity index (χ2n) is 3.94. The summed E-state index contributed by atoms with van der Waals surface area (Å²) >= 11 is 0. The van der Waals surface area contributed by atoms with Crippen molar-refractivity contribution >= 4 is 0 Å². The number of nitrogens with one attached hydrogen (secondary N) is 1. The SMILES string of the molecule is Cc1cc(CNC(C)c2ccccc2)no1. The van der Waals surface area contributed by atoms with Gasteiger partial charge in [-0.1, -0.05) is 35.5 Å². The minimum absolute atomic E-state index is 0.318. The molecule has 2 aromatic rings. The molecule has 0 bridgehead atoms. The van der Waals surface area contributed by atoms with Gasteiger partial charge in [-0.25, -0.2) is 0 Å². The maximum atomic E-state index is 5.01. The molecule has 1 N–H and O–H groups in total. The second-order valence-corrected chi connectivity index (χ2v) is 3.94. The zero-order chi connectivity index (χ0) is 11.4. The van der Waals surface area contributed by atoms with Crippen molar-refractivity contribution in [2.45, 2.75) is 26.4 Å². The molecule has 84 valence electrons. The first-order valence-corrected chi connectivity index (χ1v) is 5.46. The molecule has 0 aliphatic rings. The molecule has 0 saturated heterocycles. The van der Waals surface area contributed by atoms with Crippen molar-refractivity contribution in [1.29, 1.82) is 0 Å². The molecule has 1 heterocycles. The Balaban J connectivity index is 1.91. The van der Waals surface area contributed by atoms with Gasteiger partial charge in [-0.3, -0.25) is 0 Å². The fourth-order valence-corrected chi connectivity index (χ4v) is 1.62. The normalized spacial score (nSPS) is 12.6. The first kappa shape index (κ1) is 10.9. The molecule has 3 nitrogen and oxygen atoms in total. The van der Waals surface area contributed by atoms with E-state index in [1.807, 2.05) is 31.2 Å². The Morgan fingerprint density at radius 3 is 2.69 bits per heavy atom. The van der Waals surface area contributed by atoms with Crippen LogP contribution >= 0.6 is 0 Å². The Morgan fingerprint density at radius 1 is 1.31 bits per heavy atom. The van der Waals surface area contributed by atoms with Gasteiger partial charge in [0.1, 0.15) is 5.76 Å². The smallest absolute Gasteiger partial charge is 0.133 e. The molecular weight excluding hydrogens is 200 g/mol. The zero-order valence-corrected chi connectivity index (χ0v) is 9.60. The van der Waals surface area contributed by atoms with E-state index < -0.39 is 0 Å². The summed E-state index contributed by atoms with van der Waals surface area (Å²) < 4.78 is 5.01. The topological polar surface area (TPSA) is 38.1 Å². The molecule has 1 unspecified atom stereocenters. The van der Waals surface area contributed by atoms with Crippen molar-refractivity contribution in [3.05, 3.63) is 53.4 Å². The standard InChI is InChI=1S/C13H16N2O/c1-10-8-13(15-16-10)9-14-11(2)12-6-4-3-5-7-12/h3-8,11,14H,9H2,1-2H3. The van der Waals surface area contributed by atoms with Gasteiger partial charge >= 0.3 is 0 Å². The number of hydrogen-bond donors (Lipinski definition) is 1. The molecule has 3 heteroatoms. The molecule has 0 amide bonds. The highest BCUT2D eigenvalue weighted by Crippen LogP contribution is 2.12. The van der Waals surface area contributed by atoms with Gasteiger partial charge in [0, 0.05) is 18.7 Å². The fraction of sp³-hybridized carbons (Fsp3) is 0.308. The Kier molecular flexibility index (Phi) is 3.37. The molecule has 0 aliphatic carbocycles. The first-order chi connectivity index (χ1) is 7.75. The van der Waals surface area contributed by atoms with Crippen LogP contribution in [0.1, 0.15) is 30.0 Å². The molecule has 1 aromatic heterocycles. The summed E-state index contributed by atoms with van der Waals surface area (Å²) in [5, 5.41) is 7.35. The maximum Gasteiger partial charge on any atom is 0.133 e. The minimum Gasteiger partial charge on any atom is -0.361 e. The van der Waals surface area contributed by atoms with Crippen molar-refractivity contribution in [2.75, 3.05) is 0 Å². The quantitative estimate of drug-likeness (QED) is 0.854. The largest absolute Gasteiger partial charge is 0.361 e. The molecule has 0 spiro atoms. The lowest BCUT2D eigenvalue weighted by Crippen LogP contribution is -2.18. The van der Waals surface area contributed by atoms with E-state index in [0.717, 1.165) is 18.0 Å². The van der Waals surface area contributed by atoms with Crippen LogP contribution in [-0.4, -0.2) is 5.16 Å². The van der Waals surface area contributed by atoms with Gasteiger partial charge in [0.2, 0.25) is 0 Å². The maximum absolute atomic E-state index is 5.01. The van der Waals surface area contributed by atoms with E-state index in [4.69, 9.17) is 4.52 Å². The lowest BCUT2D eigenvalue weighted by Gasteiger charge is -2.12. The Hall–Kier alpha value is -1.61. The van der Waals surface area contributed by atoms with Crippen LogP contribution in [0.15, 0.2) is 40.9 Å². The van der Waals surface area contributed by atoms with E-state index in [1.165, 1.54) is 5.56 Å². The number of aromatic nitrogens is 1. The van der Waals surface area contributed by atoms with Gasteiger partial charge in [0.25, 0.3) is 0 Å². The molecule has 16 heavy (non-hydrogen) atoms. The van der Waals surface area contributed by atoms with E-state index in [9.17, 15) is 0 Å². The van der Waals surface area contributed by atoms with Crippen molar-refractivity contribution in [3.63, 3.8) is 0 Å². The monoisotopic (exact) mass is 216 g/mol. The third-order valence-corrected chi connectivity index (χ3v) is 2.57. The van der Waals surface area contributed by atoms with Crippen LogP contribution in [-0.2, 0) is 6.54 Å². The third kappa shape index (κ3) is 2.70. The van der Waals surface area contributed by atoms with E-state index in [0.29, 0.717) is 6.04 Å². The summed E-state index contributed by atoms with van der Waals surface area (Å²) in [5.41, 5.74) is 2.22. The minimum atomic E-state index is 0.318. The molecule has 0 radical (unpaired) electrons. The van der Waals surface area contributed by atoms with Crippen molar-refractivity contribution < 1.29 is 4.52 Å². The second kappa shape index (κ2) is 4.94. The highest BCUT2D eigenvalue weighted by atomic mass is 16.5. The number of hydrogen-bond acceptors (Lipinski definition) is 3. The number of rotatable bonds is 4. The van der Waals surface area contributed by atoms with E-state index >= 15 is 0 Å². The lowest BCUT2D eigenvalue weighted by atomic mass is 10.1. The van der Waals surface area contributed by atoms with Crippen LogP contribution in [0.5, 0.6) is 0 Å². The van der Waals surface area contributed by atoms with Gasteiger partial charge in [0.15, 0.2) is 0 Å². The molecule has 0 saturated carbocycles. The van der Waals surface area contributed by atoms with Gasteiger partial charge in [0.05, 0.1) is 5.69 Å². The third-order valence-electron chi connectivity index (χ3n) is 2.57. The van der Waals surface area contributed by atoms with Crippen molar-refractivity contribution in [2.24, 2.45) is 0 Å².